The Bertz CT molecular complexity index is 322. The summed E-state index contributed by atoms with van der Waals surface area (Å²) in [7, 11) is 0. The first-order valence-electron chi connectivity index (χ1n) is 3.34. The topological polar surface area (TPSA) is 29.1 Å². The van der Waals surface area contributed by atoms with Gasteiger partial charge < -0.3 is 5.32 Å². The maximum atomic E-state index is 11.1. The van der Waals surface area contributed by atoms with E-state index in [0.29, 0.717) is 6.54 Å². The molecule has 0 saturated heterocycles. The van der Waals surface area contributed by atoms with Gasteiger partial charge in [0, 0.05) is 15.7 Å². The van der Waals surface area contributed by atoms with E-state index in [2.05, 4.69) is 27.9 Å². The third kappa shape index (κ3) is 1.03. The van der Waals surface area contributed by atoms with Crippen molar-refractivity contribution in [3.63, 3.8) is 0 Å². The molecular weight excluding hydrogens is 253 g/mol. The molecule has 1 amide bonds. The van der Waals surface area contributed by atoms with Crippen molar-refractivity contribution >= 4 is 28.5 Å². The molecule has 0 fully saturated rings. The molecule has 1 aromatic carbocycles. The van der Waals surface area contributed by atoms with Gasteiger partial charge in [-0.25, -0.2) is 0 Å². The molecule has 0 radical (unpaired) electrons. The largest absolute Gasteiger partial charge is 0.348 e. The molecule has 0 aromatic heterocycles. The molecule has 1 heterocycles. The number of nitrogens with one attached hydrogen (secondary N) is 1. The zero-order valence-corrected chi connectivity index (χ0v) is 7.88. The number of benzene rings is 1. The molecule has 2 rings (SSSR count). The summed E-state index contributed by atoms with van der Waals surface area (Å²) in [5.74, 6) is 0.0542. The van der Waals surface area contributed by atoms with Crippen LogP contribution in [0, 0.1) is 3.57 Å². The molecule has 0 aliphatic carbocycles. The van der Waals surface area contributed by atoms with Gasteiger partial charge in [-0.3, -0.25) is 4.79 Å². The standard InChI is InChI=1S/C8H6INO/c9-7-3-1-2-5-6(7)4-10-8(5)11/h1-3H,4H2,(H,10,11). The Labute approximate surface area is 78.1 Å². The van der Waals surface area contributed by atoms with Crippen LogP contribution in [0.4, 0.5) is 0 Å². The third-order valence-electron chi connectivity index (χ3n) is 1.79. The van der Waals surface area contributed by atoms with Gasteiger partial charge in [0.1, 0.15) is 0 Å². The van der Waals surface area contributed by atoms with Crippen LogP contribution in [0.5, 0.6) is 0 Å². The molecule has 0 spiro atoms. The Morgan fingerprint density at radius 3 is 3.00 bits per heavy atom. The highest BCUT2D eigenvalue weighted by Crippen LogP contribution is 2.20. The summed E-state index contributed by atoms with van der Waals surface area (Å²) in [4.78, 5) is 11.1. The van der Waals surface area contributed by atoms with E-state index >= 15 is 0 Å². The molecule has 0 bridgehead atoms. The second kappa shape index (κ2) is 2.48. The minimum absolute atomic E-state index is 0.0542. The van der Waals surface area contributed by atoms with Crippen LogP contribution in [0.2, 0.25) is 0 Å². The first-order chi connectivity index (χ1) is 5.29. The van der Waals surface area contributed by atoms with Crippen molar-refractivity contribution in [2.75, 3.05) is 0 Å². The van der Waals surface area contributed by atoms with Gasteiger partial charge >= 0.3 is 0 Å². The molecule has 3 heteroatoms. The van der Waals surface area contributed by atoms with Crippen LogP contribution in [0.1, 0.15) is 15.9 Å². The van der Waals surface area contributed by atoms with Crippen molar-refractivity contribution in [3.05, 3.63) is 32.9 Å². The van der Waals surface area contributed by atoms with E-state index in [-0.39, 0.29) is 5.91 Å². The van der Waals surface area contributed by atoms with Crippen molar-refractivity contribution in [3.8, 4) is 0 Å². The smallest absolute Gasteiger partial charge is 0.251 e. The normalized spacial score (nSPS) is 14.5. The van der Waals surface area contributed by atoms with Gasteiger partial charge in [0.2, 0.25) is 0 Å². The van der Waals surface area contributed by atoms with Crippen molar-refractivity contribution in [1.82, 2.24) is 5.32 Å². The first kappa shape index (κ1) is 7.09. The maximum Gasteiger partial charge on any atom is 0.251 e. The average molecular weight is 259 g/mol. The lowest BCUT2D eigenvalue weighted by molar-refractivity contribution is 0.0966. The zero-order chi connectivity index (χ0) is 7.84. The number of rotatable bonds is 0. The van der Waals surface area contributed by atoms with Gasteiger partial charge in [0.25, 0.3) is 5.91 Å². The van der Waals surface area contributed by atoms with Crippen molar-refractivity contribution in [1.29, 1.82) is 0 Å². The summed E-state index contributed by atoms with van der Waals surface area (Å²) in [6, 6.07) is 5.78. The fourth-order valence-corrected chi connectivity index (χ4v) is 1.90. The molecule has 11 heavy (non-hydrogen) atoms. The molecule has 0 unspecified atom stereocenters. The average Bonchev–Trinajstić information content (AvgIpc) is 2.35. The van der Waals surface area contributed by atoms with Crippen molar-refractivity contribution < 1.29 is 4.79 Å². The number of carbonyl (C=O) groups excluding carboxylic acids is 1. The Morgan fingerprint density at radius 2 is 2.27 bits per heavy atom. The summed E-state index contributed by atoms with van der Waals surface area (Å²) in [6.45, 7) is 0.688. The Morgan fingerprint density at radius 1 is 1.45 bits per heavy atom. The fraction of sp³-hybridized carbons (Fsp3) is 0.125. The number of hydrogen-bond donors (Lipinski definition) is 1. The highest BCUT2D eigenvalue weighted by molar-refractivity contribution is 14.1. The maximum absolute atomic E-state index is 11.1. The summed E-state index contributed by atoms with van der Waals surface area (Å²) < 4.78 is 1.17. The lowest BCUT2D eigenvalue weighted by atomic mass is 10.1. The highest BCUT2D eigenvalue weighted by Gasteiger charge is 2.19. The van der Waals surface area contributed by atoms with Crippen LogP contribution in [0.25, 0.3) is 0 Å². The van der Waals surface area contributed by atoms with Crippen LogP contribution in [0.3, 0.4) is 0 Å². The minimum atomic E-state index is 0.0542. The molecule has 1 aliphatic rings. The number of fused-ring (bicyclic) bond motifs is 1. The minimum Gasteiger partial charge on any atom is -0.348 e. The van der Waals surface area contributed by atoms with Crippen LogP contribution >= 0.6 is 22.6 Å². The van der Waals surface area contributed by atoms with Crippen LogP contribution in [-0.2, 0) is 6.54 Å². The van der Waals surface area contributed by atoms with Crippen LogP contribution < -0.4 is 5.32 Å². The predicted octanol–water partition coefficient (Wildman–Crippen LogP) is 1.53. The van der Waals surface area contributed by atoms with Gasteiger partial charge in [-0.1, -0.05) is 6.07 Å². The molecular formula is C8H6INO. The molecule has 1 aliphatic heterocycles. The number of hydrogen-bond acceptors (Lipinski definition) is 1. The number of amides is 1. The van der Waals surface area contributed by atoms with E-state index in [1.807, 2.05) is 18.2 Å². The summed E-state index contributed by atoms with van der Waals surface area (Å²) >= 11 is 2.24. The summed E-state index contributed by atoms with van der Waals surface area (Å²) in [6.07, 6.45) is 0. The number of carbonyl (C=O) groups is 1. The molecule has 56 valence electrons. The Hall–Kier alpha value is -0.580. The van der Waals surface area contributed by atoms with Gasteiger partial charge in [0.05, 0.1) is 0 Å². The Kier molecular flexibility index (Phi) is 1.60. The molecule has 2 nitrogen and oxygen atoms in total. The van der Waals surface area contributed by atoms with Crippen molar-refractivity contribution in [2.45, 2.75) is 6.54 Å². The lowest BCUT2D eigenvalue weighted by Gasteiger charge is -1.96. The molecule has 1 N–H and O–H groups in total. The van der Waals surface area contributed by atoms with Gasteiger partial charge in [-0.15, -0.1) is 0 Å². The fourth-order valence-electron chi connectivity index (χ4n) is 1.21. The molecule has 1 aromatic rings. The van der Waals surface area contributed by atoms with E-state index in [1.165, 1.54) is 3.57 Å². The predicted molar refractivity (Wildman–Crippen MR) is 50.3 cm³/mol. The number of halogens is 1. The van der Waals surface area contributed by atoms with Crippen molar-refractivity contribution in [2.24, 2.45) is 0 Å². The van der Waals surface area contributed by atoms with Gasteiger partial charge in [-0.2, -0.15) is 0 Å². The van der Waals surface area contributed by atoms with Gasteiger partial charge in [-0.05, 0) is 40.3 Å². The first-order valence-corrected chi connectivity index (χ1v) is 4.42. The lowest BCUT2D eigenvalue weighted by Crippen LogP contribution is -2.12. The van der Waals surface area contributed by atoms with E-state index < -0.39 is 0 Å². The third-order valence-corrected chi connectivity index (χ3v) is 2.80. The van der Waals surface area contributed by atoms with Gasteiger partial charge in [0.15, 0.2) is 0 Å². The summed E-state index contributed by atoms with van der Waals surface area (Å²) in [5.41, 5.74) is 1.97. The second-order valence-corrected chi connectivity index (χ2v) is 3.61. The quantitative estimate of drug-likeness (QED) is 0.703. The Balaban J connectivity index is 2.66. The van der Waals surface area contributed by atoms with Crippen LogP contribution in [-0.4, -0.2) is 5.91 Å². The SMILES string of the molecule is O=C1NCc2c(I)cccc21. The van der Waals surface area contributed by atoms with Crippen LogP contribution in [0.15, 0.2) is 18.2 Å². The summed E-state index contributed by atoms with van der Waals surface area (Å²) in [5, 5.41) is 2.78. The molecule has 0 saturated carbocycles. The zero-order valence-electron chi connectivity index (χ0n) is 5.73. The second-order valence-electron chi connectivity index (χ2n) is 2.45. The monoisotopic (exact) mass is 259 g/mol. The van der Waals surface area contributed by atoms with E-state index in [9.17, 15) is 4.79 Å². The molecule has 0 atom stereocenters. The van der Waals surface area contributed by atoms with E-state index in [4.69, 9.17) is 0 Å². The van der Waals surface area contributed by atoms with E-state index in [1.54, 1.807) is 0 Å². The van der Waals surface area contributed by atoms with E-state index in [0.717, 1.165) is 11.1 Å². The highest BCUT2D eigenvalue weighted by atomic mass is 127.